The van der Waals surface area contributed by atoms with Gasteiger partial charge in [-0.3, -0.25) is 4.79 Å². The van der Waals surface area contributed by atoms with Crippen LogP contribution in [0.15, 0.2) is 12.1 Å². The van der Waals surface area contributed by atoms with Crippen molar-refractivity contribution in [1.82, 2.24) is 0 Å². The van der Waals surface area contributed by atoms with E-state index in [0.717, 1.165) is 0 Å². The van der Waals surface area contributed by atoms with Gasteiger partial charge in [0.15, 0.2) is 0 Å². The fourth-order valence-electron chi connectivity index (χ4n) is 1.23. The molecule has 1 aromatic carbocycles. The number of amides is 1. The molecule has 0 aliphatic heterocycles. The average molecular weight is 282 g/mol. The van der Waals surface area contributed by atoms with Crippen LogP contribution in [0.1, 0.15) is 13.3 Å². The van der Waals surface area contributed by atoms with Gasteiger partial charge >= 0.3 is 0 Å². The highest BCUT2D eigenvalue weighted by Gasteiger charge is 2.16. The zero-order valence-electron chi connectivity index (χ0n) is 8.56. The van der Waals surface area contributed by atoms with Crippen LogP contribution in [-0.4, -0.2) is 11.9 Å². The van der Waals surface area contributed by atoms with E-state index in [1.54, 1.807) is 12.1 Å². The lowest BCUT2D eigenvalue weighted by Crippen LogP contribution is -2.34. The lowest BCUT2D eigenvalue weighted by Gasteiger charge is -2.17. The molecule has 0 saturated carbocycles. The van der Waals surface area contributed by atoms with Crippen molar-refractivity contribution in [2.24, 2.45) is 5.73 Å². The highest BCUT2D eigenvalue weighted by atomic mass is 35.5. The molecule has 0 heterocycles. The minimum atomic E-state index is -0.504. The highest BCUT2D eigenvalue weighted by Crippen LogP contribution is 2.34. The van der Waals surface area contributed by atoms with Crippen molar-refractivity contribution in [2.45, 2.75) is 19.4 Å². The van der Waals surface area contributed by atoms with Crippen molar-refractivity contribution in [3.63, 3.8) is 0 Å². The van der Waals surface area contributed by atoms with Gasteiger partial charge in [0.25, 0.3) is 0 Å². The number of nitrogens with one attached hydrogen (secondary N) is 1. The first kappa shape index (κ1) is 13.4. The minimum Gasteiger partial charge on any atom is -0.371 e. The molecule has 0 aromatic heterocycles. The third-order valence-electron chi connectivity index (χ3n) is 2.08. The lowest BCUT2D eigenvalue weighted by atomic mass is 10.2. The van der Waals surface area contributed by atoms with Gasteiger partial charge < -0.3 is 11.1 Å². The molecule has 3 N–H and O–H groups in total. The molecule has 0 fully saturated rings. The van der Waals surface area contributed by atoms with Crippen LogP contribution in [0.3, 0.4) is 0 Å². The molecule has 0 spiro atoms. The second kappa shape index (κ2) is 5.62. The molecule has 0 aliphatic rings. The summed E-state index contributed by atoms with van der Waals surface area (Å²) >= 11 is 17.7. The summed E-state index contributed by atoms with van der Waals surface area (Å²) in [5.74, 6) is -0.454. The Morgan fingerprint density at radius 2 is 1.88 bits per heavy atom. The molecule has 3 nitrogen and oxygen atoms in total. The van der Waals surface area contributed by atoms with Crippen molar-refractivity contribution in [2.75, 3.05) is 5.32 Å². The topological polar surface area (TPSA) is 55.1 Å². The van der Waals surface area contributed by atoms with E-state index in [2.05, 4.69) is 5.32 Å². The van der Waals surface area contributed by atoms with Crippen LogP contribution >= 0.6 is 34.8 Å². The van der Waals surface area contributed by atoms with Gasteiger partial charge in [0.2, 0.25) is 5.91 Å². The predicted octanol–water partition coefficient (Wildman–Crippen LogP) is 3.32. The maximum Gasteiger partial charge on any atom is 0.239 e. The fraction of sp³-hybridized carbons (Fsp3) is 0.300. The zero-order chi connectivity index (χ0) is 12.3. The molecule has 1 amide bonds. The molecule has 88 valence electrons. The Hall–Kier alpha value is -0.640. The molecule has 0 radical (unpaired) electrons. The summed E-state index contributed by atoms with van der Waals surface area (Å²) in [5, 5.41) is 4.05. The predicted molar refractivity (Wildman–Crippen MR) is 68.4 cm³/mol. The van der Waals surface area contributed by atoms with E-state index in [1.165, 1.54) is 0 Å². The quantitative estimate of drug-likeness (QED) is 0.889. The Labute approximate surface area is 109 Å². The summed E-state index contributed by atoms with van der Waals surface area (Å²) in [6, 6.07) is 2.59. The number of carbonyl (C=O) groups is 1. The molecule has 6 heteroatoms. The number of benzene rings is 1. The van der Waals surface area contributed by atoms with Gasteiger partial charge in [-0.15, -0.1) is 0 Å². The van der Waals surface area contributed by atoms with Gasteiger partial charge in [0, 0.05) is 5.02 Å². The van der Waals surface area contributed by atoms with Gasteiger partial charge in [-0.2, -0.15) is 0 Å². The number of anilines is 1. The average Bonchev–Trinajstić information content (AvgIpc) is 2.15. The molecule has 1 rings (SSSR count). The van der Waals surface area contributed by atoms with Gasteiger partial charge in [-0.1, -0.05) is 41.7 Å². The molecule has 1 aromatic rings. The van der Waals surface area contributed by atoms with E-state index in [9.17, 15) is 4.79 Å². The van der Waals surface area contributed by atoms with Crippen molar-refractivity contribution in [1.29, 1.82) is 0 Å². The number of primary amides is 1. The van der Waals surface area contributed by atoms with Crippen LogP contribution in [-0.2, 0) is 4.79 Å². The van der Waals surface area contributed by atoms with Crippen LogP contribution in [0.25, 0.3) is 0 Å². The number of halogens is 3. The first-order valence-electron chi connectivity index (χ1n) is 4.66. The molecule has 1 atom stereocenters. The zero-order valence-corrected chi connectivity index (χ0v) is 10.8. The number of hydrogen-bond donors (Lipinski definition) is 2. The van der Waals surface area contributed by atoms with Crippen LogP contribution in [0.2, 0.25) is 15.1 Å². The highest BCUT2D eigenvalue weighted by molar-refractivity contribution is 6.41. The van der Waals surface area contributed by atoms with E-state index >= 15 is 0 Å². The largest absolute Gasteiger partial charge is 0.371 e. The van der Waals surface area contributed by atoms with E-state index < -0.39 is 11.9 Å². The van der Waals surface area contributed by atoms with Crippen LogP contribution < -0.4 is 11.1 Å². The number of carbonyl (C=O) groups excluding carboxylic acids is 1. The van der Waals surface area contributed by atoms with Crippen LogP contribution in [0.4, 0.5) is 5.69 Å². The third-order valence-corrected chi connectivity index (χ3v) is 2.89. The van der Waals surface area contributed by atoms with E-state index in [4.69, 9.17) is 40.5 Å². The molecule has 0 saturated heterocycles. The van der Waals surface area contributed by atoms with Crippen molar-refractivity contribution in [3.05, 3.63) is 27.2 Å². The normalized spacial score (nSPS) is 12.2. The molecule has 0 bridgehead atoms. The molecule has 1 unspecified atom stereocenters. The minimum absolute atomic E-state index is 0.359. The fourth-order valence-corrected chi connectivity index (χ4v) is 2.15. The SMILES string of the molecule is CCC(Nc1c(Cl)cc(Cl)cc1Cl)C(N)=O. The Morgan fingerprint density at radius 3 is 2.25 bits per heavy atom. The molecular weight excluding hydrogens is 270 g/mol. The number of rotatable bonds is 4. The van der Waals surface area contributed by atoms with E-state index in [0.29, 0.717) is 27.2 Å². The summed E-state index contributed by atoms with van der Waals surface area (Å²) < 4.78 is 0. The summed E-state index contributed by atoms with van der Waals surface area (Å²) in [4.78, 5) is 11.1. The van der Waals surface area contributed by atoms with Crippen LogP contribution in [0.5, 0.6) is 0 Å². The monoisotopic (exact) mass is 280 g/mol. The standard InChI is InChI=1S/C10H11Cl3N2O/c1-2-8(10(14)16)15-9-6(12)3-5(11)4-7(9)13/h3-4,8,15H,2H2,1H3,(H2,14,16). The second-order valence-electron chi connectivity index (χ2n) is 3.25. The van der Waals surface area contributed by atoms with E-state index in [-0.39, 0.29) is 0 Å². The summed E-state index contributed by atoms with van der Waals surface area (Å²) in [5.41, 5.74) is 5.68. The maximum atomic E-state index is 11.1. The summed E-state index contributed by atoms with van der Waals surface area (Å²) in [6.45, 7) is 1.83. The van der Waals surface area contributed by atoms with Crippen LogP contribution in [0, 0.1) is 0 Å². The van der Waals surface area contributed by atoms with Crippen molar-refractivity contribution in [3.8, 4) is 0 Å². The maximum absolute atomic E-state index is 11.1. The van der Waals surface area contributed by atoms with E-state index in [1.807, 2.05) is 6.92 Å². The first-order chi connectivity index (χ1) is 7.45. The van der Waals surface area contributed by atoms with Gasteiger partial charge in [0.05, 0.1) is 15.7 Å². The smallest absolute Gasteiger partial charge is 0.239 e. The van der Waals surface area contributed by atoms with Gasteiger partial charge in [-0.25, -0.2) is 0 Å². The summed E-state index contributed by atoms with van der Waals surface area (Å²) in [6.07, 6.45) is 0.546. The first-order valence-corrected chi connectivity index (χ1v) is 5.79. The second-order valence-corrected chi connectivity index (χ2v) is 4.50. The molecule has 0 aliphatic carbocycles. The third kappa shape index (κ3) is 3.17. The summed E-state index contributed by atoms with van der Waals surface area (Å²) in [7, 11) is 0. The number of hydrogen-bond acceptors (Lipinski definition) is 2. The van der Waals surface area contributed by atoms with Crippen molar-refractivity contribution >= 4 is 46.4 Å². The Bertz CT molecular complexity index is 386. The van der Waals surface area contributed by atoms with Crippen molar-refractivity contribution < 1.29 is 4.79 Å². The molecular formula is C10H11Cl3N2O. The lowest BCUT2D eigenvalue weighted by molar-refractivity contribution is -0.118. The Balaban J connectivity index is 3.01. The Morgan fingerprint density at radius 1 is 1.38 bits per heavy atom. The van der Waals surface area contributed by atoms with Gasteiger partial charge in [-0.05, 0) is 18.6 Å². The van der Waals surface area contributed by atoms with Gasteiger partial charge in [0.1, 0.15) is 6.04 Å². The molecule has 16 heavy (non-hydrogen) atoms. The number of nitrogens with two attached hydrogens (primary N) is 1. The Kier molecular flexibility index (Phi) is 4.71.